The van der Waals surface area contributed by atoms with E-state index < -0.39 is 0 Å². The largest absolute Gasteiger partial charge is 0.370 e. The number of rotatable bonds is 4. The van der Waals surface area contributed by atoms with Crippen LogP contribution in [0.1, 0.15) is 12.5 Å². The summed E-state index contributed by atoms with van der Waals surface area (Å²) >= 11 is 7.18. The summed E-state index contributed by atoms with van der Waals surface area (Å²) < 4.78 is 15.0. The van der Waals surface area contributed by atoms with Gasteiger partial charge in [0.1, 0.15) is 0 Å². The van der Waals surface area contributed by atoms with E-state index >= 15 is 0 Å². The predicted molar refractivity (Wildman–Crippen MR) is 130 cm³/mol. The van der Waals surface area contributed by atoms with Crippen molar-refractivity contribution in [3.8, 4) is 11.1 Å². The first-order valence-electron chi connectivity index (χ1n) is 10.6. The van der Waals surface area contributed by atoms with Gasteiger partial charge in [0.25, 0.3) is 0 Å². The Bertz CT molecular complexity index is 1180. The molecule has 2 heterocycles. The molecule has 0 bridgehead atoms. The molecule has 2 N–H and O–H groups in total. The Morgan fingerprint density at radius 2 is 1.81 bits per heavy atom. The topological polar surface area (TPSA) is 49.6 Å². The third-order valence-electron chi connectivity index (χ3n) is 6.37. The molecule has 0 radical (unpaired) electrons. The van der Waals surface area contributed by atoms with Gasteiger partial charge in [-0.15, -0.1) is 0 Å². The Hall–Kier alpha value is -2.54. The number of amides is 1. The highest BCUT2D eigenvalue weighted by Gasteiger charge is 2.42. The average Bonchev–Trinajstić information content (AvgIpc) is 3.10. The summed E-state index contributed by atoms with van der Waals surface area (Å²) in [5.41, 5.74) is 4.39. The van der Waals surface area contributed by atoms with Crippen LogP contribution in [0.5, 0.6) is 0 Å². The van der Waals surface area contributed by atoms with Crippen LogP contribution in [-0.2, 0) is 11.2 Å². The first kappa shape index (κ1) is 21.3. The van der Waals surface area contributed by atoms with Crippen molar-refractivity contribution in [1.82, 2.24) is 0 Å². The molecule has 1 unspecified atom stereocenters. The van der Waals surface area contributed by atoms with Gasteiger partial charge in [-0.1, -0.05) is 48.0 Å². The molecule has 0 spiro atoms. The van der Waals surface area contributed by atoms with Gasteiger partial charge >= 0.3 is 0 Å². The molecular weight excluding hydrogens is 445 g/mol. The van der Waals surface area contributed by atoms with Gasteiger partial charge < -0.3 is 9.80 Å². The molecule has 3 aromatic rings. The number of nitrogens with zero attached hydrogens (tertiary/aromatic N) is 2. The van der Waals surface area contributed by atoms with Crippen LogP contribution in [-0.4, -0.2) is 25.0 Å². The number of hydrogen-bond acceptors (Lipinski definition) is 4. The second kappa shape index (κ2) is 8.43. The first-order chi connectivity index (χ1) is 15.5. The zero-order valence-electron chi connectivity index (χ0n) is 17.6. The number of benzene rings is 3. The summed E-state index contributed by atoms with van der Waals surface area (Å²) in [7, 11) is 0. The van der Waals surface area contributed by atoms with Crippen molar-refractivity contribution < 1.29 is 9.18 Å². The van der Waals surface area contributed by atoms with Crippen molar-refractivity contribution in [2.24, 2.45) is 11.1 Å². The van der Waals surface area contributed by atoms with Crippen LogP contribution >= 0.6 is 23.5 Å². The van der Waals surface area contributed by atoms with Crippen LogP contribution in [0.4, 0.5) is 15.8 Å². The lowest BCUT2D eigenvalue weighted by Crippen LogP contribution is -2.55. The number of nitrogens with two attached hydrogens (primary N) is 1. The lowest BCUT2D eigenvalue weighted by Gasteiger charge is -2.42. The summed E-state index contributed by atoms with van der Waals surface area (Å²) in [4.78, 5) is 17.5. The van der Waals surface area contributed by atoms with Crippen molar-refractivity contribution in [3.05, 3.63) is 77.1 Å². The maximum Gasteiger partial charge on any atom is 0.234 e. The van der Waals surface area contributed by atoms with Crippen LogP contribution in [0, 0.1) is 11.7 Å². The van der Waals surface area contributed by atoms with Crippen molar-refractivity contribution in [2.45, 2.75) is 24.3 Å². The predicted octanol–water partition coefficient (Wildman–Crippen LogP) is 5.53. The number of fused-ring (bicyclic) bond motifs is 1. The zero-order chi connectivity index (χ0) is 22.4. The lowest BCUT2D eigenvalue weighted by atomic mass is 9.96. The molecule has 5 rings (SSSR count). The minimum absolute atomic E-state index is 0.0155. The van der Waals surface area contributed by atoms with E-state index in [1.54, 1.807) is 11.0 Å². The molecule has 164 valence electrons. The van der Waals surface area contributed by atoms with Gasteiger partial charge in [0.15, 0.2) is 5.82 Å². The fourth-order valence-corrected chi connectivity index (χ4v) is 5.24. The molecular formula is C25H23ClFN3OS. The molecule has 2 aliphatic heterocycles. The van der Waals surface area contributed by atoms with E-state index in [0.717, 1.165) is 39.3 Å². The van der Waals surface area contributed by atoms with E-state index in [1.807, 2.05) is 49.4 Å². The summed E-state index contributed by atoms with van der Waals surface area (Å²) in [6.07, 6.45) is 0.660. The van der Waals surface area contributed by atoms with Gasteiger partial charge in [-0.25, -0.2) is 4.39 Å². The van der Waals surface area contributed by atoms with Gasteiger partial charge in [-0.2, -0.15) is 0 Å². The smallest absolute Gasteiger partial charge is 0.234 e. The van der Waals surface area contributed by atoms with Gasteiger partial charge in [-0.3, -0.25) is 9.93 Å². The number of halogens is 2. The number of anilines is 2. The molecule has 2 aliphatic rings. The van der Waals surface area contributed by atoms with E-state index in [-0.39, 0.29) is 23.7 Å². The highest BCUT2D eigenvalue weighted by Crippen LogP contribution is 2.40. The Kier molecular flexibility index (Phi) is 5.61. The van der Waals surface area contributed by atoms with Gasteiger partial charge in [0.2, 0.25) is 5.91 Å². The zero-order valence-corrected chi connectivity index (χ0v) is 19.2. The third-order valence-corrected chi connectivity index (χ3v) is 7.27. The summed E-state index contributed by atoms with van der Waals surface area (Å²) in [5.74, 6) is -0.558. The Labute approximate surface area is 196 Å². The Balaban J connectivity index is 1.29. The number of carbonyl (C=O) groups is 1. The van der Waals surface area contributed by atoms with Gasteiger partial charge in [0, 0.05) is 35.4 Å². The van der Waals surface area contributed by atoms with Crippen molar-refractivity contribution >= 4 is 40.8 Å². The van der Waals surface area contributed by atoms with Crippen LogP contribution in [0.15, 0.2) is 65.6 Å². The lowest BCUT2D eigenvalue weighted by molar-refractivity contribution is -0.123. The molecule has 1 atom stereocenters. The highest BCUT2D eigenvalue weighted by atomic mass is 35.5. The molecule has 0 aromatic heterocycles. The van der Waals surface area contributed by atoms with Crippen LogP contribution in [0.2, 0.25) is 5.02 Å². The molecule has 4 nitrogen and oxygen atoms in total. The van der Waals surface area contributed by atoms with E-state index in [1.165, 1.54) is 0 Å². The van der Waals surface area contributed by atoms with Gasteiger partial charge in [-0.05, 0) is 60.7 Å². The van der Waals surface area contributed by atoms with Crippen molar-refractivity contribution in [1.29, 1.82) is 0 Å². The molecule has 3 aromatic carbocycles. The van der Waals surface area contributed by atoms with E-state index in [0.29, 0.717) is 30.1 Å². The second-order valence-electron chi connectivity index (χ2n) is 8.39. The average molecular weight is 468 g/mol. The summed E-state index contributed by atoms with van der Waals surface area (Å²) in [6.45, 7) is 3.21. The molecule has 1 fully saturated rings. The van der Waals surface area contributed by atoms with Crippen LogP contribution in [0.3, 0.4) is 0 Å². The molecule has 32 heavy (non-hydrogen) atoms. The quantitative estimate of drug-likeness (QED) is 0.513. The minimum Gasteiger partial charge on any atom is -0.370 e. The maximum absolute atomic E-state index is 15.0. The van der Waals surface area contributed by atoms with E-state index in [2.05, 4.69) is 17.0 Å². The van der Waals surface area contributed by atoms with E-state index in [9.17, 15) is 9.18 Å². The monoisotopic (exact) mass is 467 g/mol. The fourth-order valence-electron chi connectivity index (χ4n) is 4.65. The summed E-state index contributed by atoms with van der Waals surface area (Å²) in [6, 6.07) is 19.5. The standard InChI is InChI=1S/C25H23ClFN3OS/c1-15-12-17-8-11-22(32-28)23(27)24(17)30(15)25(31)18-13-29(14-18)19-9-6-16(7-10-19)20-4-2-3-5-21(20)26/h2-11,15,18H,12-14,28H2,1H3. The Morgan fingerprint density at radius 1 is 1.09 bits per heavy atom. The Morgan fingerprint density at radius 3 is 2.50 bits per heavy atom. The normalized spacial score (nSPS) is 17.9. The van der Waals surface area contributed by atoms with Crippen LogP contribution in [0.25, 0.3) is 11.1 Å². The second-order valence-corrected chi connectivity index (χ2v) is 9.48. The van der Waals surface area contributed by atoms with Crippen molar-refractivity contribution in [3.63, 3.8) is 0 Å². The molecule has 7 heteroatoms. The number of hydrogen-bond donors (Lipinski definition) is 1. The minimum atomic E-state index is -0.390. The first-order valence-corrected chi connectivity index (χ1v) is 11.8. The van der Waals surface area contributed by atoms with Gasteiger partial charge in [0.05, 0.1) is 16.5 Å². The fraction of sp³-hybridized carbons (Fsp3) is 0.240. The van der Waals surface area contributed by atoms with E-state index in [4.69, 9.17) is 16.7 Å². The molecule has 0 aliphatic carbocycles. The van der Waals surface area contributed by atoms with Crippen LogP contribution < -0.4 is 14.9 Å². The maximum atomic E-state index is 15.0. The third kappa shape index (κ3) is 3.56. The molecule has 0 saturated carbocycles. The molecule has 1 saturated heterocycles. The SMILES string of the molecule is CC1Cc2ccc(SN)c(F)c2N1C(=O)C1CN(c2ccc(-c3ccccc3Cl)cc2)C1. The highest BCUT2D eigenvalue weighted by molar-refractivity contribution is 7.97. The molecule has 1 amide bonds. The number of carbonyl (C=O) groups excluding carboxylic acids is 1. The summed E-state index contributed by atoms with van der Waals surface area (Å²) in [5, 5.41) is 6.32. The van der Waals surface area contributed by atoms with Crippen molar-refractivity contribution in [2.75, 3.05) is 22.9 Å².